The number of aromatic amines is 1. The molecule has 14 nitrogen and oxygen atoms in total. The van der Waals surface area contributed by atoms with Crippen LogP contribution in [0.3, 0.4) is 0 Å². The van der Waals surface area contributed by atoms with Crippen LogP contribution >= 0.6 is 0 Å². The molecule has 0 aliphatic rings. The SMILES string of the molecule is CC(NC(=O)C(NC(=O)C(N)Cc1cnc[nH]1)C(C)O)C(=O)NC(CC(=O)O)C(=O)O. The van der Waals surface area contributed by atoms with Crippen molar-refractivity contribution in [2.45, 2.75) is 57.0 Å². The van der Waals surface area contributed by atoms with E-state index >= 15 is 0 Å². The van der Waals surface area contributed by atoms with E-state index in [1.165, 1.54) is 26.4 Å². The van der Waals surface area contributed by atoms with Gasteiger partial charge >= 0.3 is 11.9 Å². The van der Waals surface area contributed by atoms with Crippen molar-refractivity contribution in [1.29, 1.82) is 0 Å². The lowest BCUT2D eigenvalue weighted by atomic mass is 10.1. The number of carboxylic acid groups (broad SMARTS) is 2. The van der Waals surface area contributed by atoms with Crippen LogP contribution in [0.5, 0.6) is 0 Å². The van der Waals surface area contributed by atoms with Gasteiger partial charge in [-0.2, -0.15) is 0 Å². The van der Waals surface area contributed by atoms with Gasteiger partial charge in [0.1, 0.15) is 18.1 Å². The minimum atomic E-state index is -1.70. The summed E-state index contributed by atoms with van der Waals surface area (Å²) in [6, 6.07) is -5.50. The van der Waals surface area contributed by atoms with Crippen LogP contribution in [0.4, 0.5) is 0 Å². The van der Waals surface area contributed by atoms with Crippen LogP contribution in [0, 0.1) is 0 Å². The number of hydrogen-bond donors (Lipinski definition) is 8. The summed E-state index contributed by atoms with van der Waals surface area (Å²) in [4.78, 5) is 65.1. The summed E-state index contributed by atoms with van der Waals surface area (Å²) < 4.78 is 0. The van der Waals surface area contributed by atoms with E-state index in [1.807, 2.05) is 5.32 Å². The smallest absolute Gasteiger partial charge is 0.326 e. The van der Waals surface area contributed by atoms with Crippen molar-refractivity contribution in [2.24, 2.45) is 5.73 Å². The molecule has 1 aromatic heterocycles. The third-order valence-electron chi connectivity index (χ3n) is 4.14. The van der Waals surface area contributed by atoms with Crippen molar-refractivity contribution >= 4 is 29.7 Å². The highest BCUT2D eigenvalue weighted by atomic mass is 16.4. The molecule has 0 saturated carbocycles. The summed E-state index contributed by atoms with van der Waals surface area (Å²) in [7, 11) is 0. The Kier molecular flexibility index (Phi) is 9.56. The third-order valence-corrected chi connectivity index (χ3v) is 4.14. The summed E-state index contributed by atoms with van der Waals surface area (Å²) in [5.74, 6) is -5.62. The molecule has 31 heavy (non-hydrogen) atoms. The molecule has 0 bridgehead atoms. The van der Waals surface area contributed by atoms with E-state index in [0.717, 1.165) is 0 Å². The predicted octanol–water partition coefficient (Wildman–Crippen LogP) is -3.31. The van der Waals surface area contributed by atoms with Crippen LogP contribution in [-0.4, -0.2) is 85.2 Å². The lowest BCUT2D eigenvalue weighted by Gasteiger charge is -2.24. The number of rotatable bonds is 12. The highest BCUT2D eigenvalue weighted by Crippen LogP contribution is 2.01. The molecule has 0 aliphatic heterocycles. The van der Waals surface area contributed by atoms with Gasteiger partial charge in [0.2, 0.25) is 17.7 Å². The number of imidazole rings is 1. The van der Waals surface area contributed by atoms with Gasteiger partial charge in [-0.3, -0.25) is 19.2 Å². The van der Waals surface area contributed by atoms with Gasteiger partial charge in [0.15, 0.2) is 0 Å². The van der Waals surface area contributed by atoms with E-state index in [9.17, 15) is 29.1 Å². The van der Waals surface area contributed by atoms with E-state index in [0.29, 0.717) is 5.69 Å². The largest absolute Gasteiger partial charge is 0.481 e. The van der Waals surface area contributed by atoms with Crippen molar-refractivity contribution in [2.75, 3.05) is 0 Å². The molecule has 9 N–H and O–H groups in total. The molecule has 1 rings (SSSR count). The molecule has 3 amide bonds. The molecule has 172 valence electrons. The van der Waals surface area contributed by atoms with Crippen LogP contribution in [-0.2, 0) is 30.4 Å². The number of carbonyl (C=O) groups excluding carboxylic acids is 3. The fourth-order valence-corrected chi connectivity index (χ4v) is 2.43. The summed E-state index contributed by atoms with van der Waals surface area (Å²) in [6.45, 7) is 2.46. The molecule has 0 saturated heterocycles. The number of aromatic nitrogens is 2. The molecule has 0 aliphatic carbocycles. The molecule has 5 atom stereocenters. The maximum Gasteiger partial charge on any atom is 0.326 e. The number of aliphatic hydroxyl groups is 1. The molecular weight excluding hydrogens is 416 g/mol. The quantitative estimate of drug-likeness (QED) is 0.160. The van der Waals surface area contributed by atoms with Gasteiger partial charge in [-0.25, -0.2) is 9.78 Å². The van der Waals surface area contributed by atoms with E-state index in [4.69, 9.17) is 15.9 Å². The number of carbonyl (C=O) groups is 5. The molecule has 1 heterocycles. The fourth-order valence-electron chi connectivity index (χ4n) is 2.43. The number of hydrogen-bond acceptors (Lipinski definition) is 8. The van der Waals surface area contributed by atoms with Gasteiger partial charge in [0, 0.05) is 18.3 Å². The highest BCUT2D eigenvalue weighted by Gasteiger charge is 2.31. The number of amides is 3. The second kappa shape index (κ2) is 11.6. The zero-order valence-corrected chi connectivity index (χ0v) is 16.9. The van der Waals surface area contributed by atoms with Gasteiger partial charge in [-0.15, -0.1) is 0 Å². The summed E-state index contributed by atoms with van der Waals surface area (Å²) in [5, 5.41) is 34.1. The van der Waals surface area contributed by atoms with E-state index in [-0.39, 0.29) is 6.42 Å². The Morgan fingerprint density at radius 2 is 1.71 bits per heavy atom. The summed E-state index contributed by atoms with van der Waals surface area (Å²) in [6.07, 6.45) is 0.767. The molecular formula is C17H26N6O8. The Morgan fingerprint density at radius 1 is 1.06 bits per heavy atom. The number of H-pyrrole nitrogens is 1. The Labute approximate surface area is 176 Å². The fraction of sp³-hybridized carbons (Fsp3) is 0.529. The predicted molar refractivity (Wildman–Crippen MR) is 103 cm³/mol. The number of carboxylic acids is 2. The first kappa shape index (κ1) is 25.5. The maximum absolute atomic E-state index is 12.4. The molecule has 0 radical (unpaired) electrons. The van der Waals surface area contributed by atoms with Gasteiger partial charge in [-0.1, -0.05) is 0 Å². The van der Waals surface area contributed by atoms with Gasteiger partial charge < -0.3 is 42.0 Å². The van der Waals surface area contributed by atoms with E-state index < -0.39 is 66.4 Å². The van der Waals surface area contributed by atoms with Gasteiger partial charge in [-0.05, 0) is 13.8 Å². The third kappa shape index (κ3) is 8.39. The number of nitrogens with two attached hydrogens (primary N) is 1. The monoisotopic (exact) mass is 442 g/mol. The van der Waals surface area contributed by atoms with Crippen molar-refractivity contribution in [3.8, 4) is 0 Å². The van der Waals surface area contributed by atoms with Gasteiger partial charge in [0.05, 0.1) is 24.9 Å². The Hall–Kier alpha value is -3.52. The lowest BCUT2D eigenvalue weighted by Crippen LogP contribution is -2.59. The first-order chi connectivity index (χ1) is 14.4. The molecule has 0 aromatic carbocycles. The zero-order chi connectivity index (χ0) is 23.7. The van der Waals surface area contributed by atoms with Crippen molar-refractivity contribution < 1.29 is 39.3 Å². The highest BCUT2D eigenvalue weighted by molar-refractivity contribution is 5.94. The number of aliphatic carboxylic acids is 2. The van der Waals surface area contributed by atoms with Crippen LogP contribution in [0.2, 0.25) is 0 Å². The first-order valence-electron chi connectivity index (χ1n) is 9.19. The first-order valence-corrected chi connectivity index (χ1v) is 9.19. The Balaban J connectivity index is 2.70. The average molecular weight is 442 g/mol. The van der Waals surface area contributed by atoms with E-state index in [1.54, 1.807) is 0 Å². The summed E-state index contributed by atoms with van der Waals surface area (Å²) in [5.41, 5.74) is 6.37. The maximum atomic E-state index is 12.4. The number of nitrogens with one attached hydrogen (secondary N) is 4. The lowest BCUT2D eigenvalue weighted by molar-refractivity contribution is -0.147. The van der Waals surface area contributed by atoms with Crippen molar-refractivity contribution in [3.05, 3.63) is 18.2 Å². The standard InChI is InChI=1S/C17H26N6O8/c1-7(14(27)22-11(17(30)31)4-12(25)26)21-16(29)13(8(2)24)23-15(28)10(18)3-9-5-19-6-20-9/h5-8,10-11,13,24H,3-4,18H2,1-2H3,(H,19,20)(H,21,29)(H,22,27)(H,23,28)(H,25,26)(H,30,31). The molecule has 14 heteroatoms. The van der Waals surface area contributed by atoms with E-state index in [2.05, 4.69) is 20.6 Å². The Bertz CT molecular complexity index is 797. The second-order valence-corrected chi connectivity index (χ2v) is 6.84. The molecule has 1 aromatic rings. The summed E-state index contributed by atoms with van der Waals surface area (Å²) >= 11 is 0. The van der Waals surface area contributed by atoms with Gasteiger partial charge in [0.25, 0.3) is 0 Å². The van der Waals surface area contributed by atoms with Crippen LogP contribution in [0.15, 0.2) is 12.5 Å². The van der Waals surface area contributed by atoms with Crippen LogP contribution in [0.25, 0.3) is 0 Å². The van der Waals surface area contributed by atoms with Crippen LogP contribution < -0.4 is 21.7 Å². The number of aliphatic hydroxyl groups excluding tert-OH is 1. The molecule has 0 fully saturated rings. The Morgan fingerprint density at radius 3 is 2.19 bits per heavy atom. The zero-order valence-electron chi connectivity index (χ0n) is 16.9. The van der Waals surface area contributed by atoms with Crippen molar-refractivity contribution in [1.82, 2.24) is 25.9 Å². The topological polar surface area (TPSA) is 237 Å². The molecule has 0 spiro atoms. The number of nitrogens with zero attached hydrogens (tertiary/aromatic N) is 1. The minimum absolute atomic E-state index is 0.0962. The normalized spacial score (nSPS) is 15.6. The van der Waals surface area contributed by atoms with Crippen molar-refractivity contribution in [3.63, 3.8) is 0 Å². The molecule has 5 unspecified atom stereocenters. The average Bonchev–Trinajstić information content (AvgIpc) is 3.17. The second-order valence-electron chi connectivity index (χ2n) is 6.84. The minimum Gasteiger partial charge on any atom is -0.481 e. The van der Waals surface area contributed by atoms with Crippen LogP contribution in [0.1, 0.15) is 26.0 Å².